The Labute approximate surface area is 102 Å². The van der Waals surface area contributed by atoms with Gasteiger partial charge in [-0.25, -0.2) is 0 Å². The van der Waals surface area contributed by atoms with Gasteiger partial charge in [0.05, 0.1) is 11.8 Å². The van der Waals surface area contributed by atoms with Gasteiger partial charge in [0, 0.05) is 5.92 Å². The van der Waals surface area contributed by atoms with Crippen LogP contribution in [0.5, 0.6) is 0 Å². The molecular formula is C14H19NO2. The van der Waals surface area contributed by atoms with E-state index >= 15 is 0 Å². The molecule has 3 nitrogen and oxygen atoms in total. The number of nitrogens with one attached hydrogen (secondary N) is 1. The van der Waals surface area contributed by atoms with E-state index in [1.54, 1.807) is 0 Å². The maximum Gasteiger partial charge on any atom is 0.231 e. The Bertz CT molecular complexity index is 430. The summed E-state index contributed by atoms with van der Waals surface area (Å²) in [5.74, 6) is -0.393. The second kappa shape index (κ2) is 4.13. The molecule has 0 aromatic heterocycles. The molecule has 1 aliphatic carbocycles. The summed E-state index contributed by atoms with van der Waals surface area (Å²) in [5.41, 5.74) is 2.39. The number of hydrogen-bond acceptors (Lipinski definition) is 2. The lowest BCUT2D eigenvalue weighted by Gasteiger charge is -2.32. The monoisotopic (exact) mass is 233 g/mol. The average Bonchev–Trinajstić information content (AvgIpc) is 2.49. The van der Waals surface area contributed by atoms with E-state index in [1.807, 2.05) is 27.7 Å². The van der Waals surface area contributed by atoms with Crippen molar-refractivity contribution < 1.29 is 9.59 Å². The fourth-order valence-corrected chi connectivity index (χ4v) is 2.95. The number of hydrogen-bond donors (Lipinski definition) is 1. The summed E-state index contributed by atoms with van der Waals surface area (Å²) >= 11 is 0. The second-order valence-electron chi connectivity index (χ2n) is 5.43. The first-order valence-corrected chi connectivity index (χ1v) is 6.10. The van der Waals surface area contributed by atoms with Crippen molar-refractivity contribution in [1.29, 1.82) is 0 Å². The van der Waals surface area contributed by atoms with E-state index in [0.717, 1.165) is 0 Å². The minimum absolute atomic E-state index is 0.0626. The number of imide groups is 1. The normalized spacial score (nSPS) is 36.1. The summed E-state index contributed by atoms with van der Waals surface area (Å²) in [6, 6.07) is 0. The van der Waals surface area contributed by atoms with Gasteiger partial charge in [-0.3, -0.25) is 14.9 Å². The first-order chi connectivity index (χ1) is 7.91. The average molecular weight is 233 g/mol. The molecule has 0 radical (unpaired) electrons. The number of fused-ring (bicyclic) bond motifs is 1. The summed E-state index contributed by atoms with van der Waals surface area (Å²) in [6.07, 6.45) is 4.22. The van der Waals surface area contributed by atoms with Crippen molar-refractivity contribution >= 4 is 11.8 Å². The molecule has 2 rings (SSSR count). The Morgan fingerprint density at radius 1 is 1.24 bits per heavy atom. The molecule has 17 heavy (non-hydrogen) atoms. The Morgan fingerprint density at radius 2 is 1.82 bits per heavy atom. The van der Waals surface area contributed by atoms with Gasteiger partial charge >= 0.3 is 0 Å². The van der Waals surface area contributed by atoms with Crippen LogP contribution in [-0.2, 0) is 9.59 Å². The van der Waals surface area contributed by atoms with Crippen LogP contribution < -0.4 is 5.32 Å². The fraction of sp³-hybridized carbons (Fsp3) is 0.571. The van der Waals surface area contributed by atoms with Crippen molar-refractivity contribution in [3.05, 3.63) is 23.3 Å². The highest BCUT2D eigenvalue weighted by Crippen LogP contribution is 2.42. The smallest absolute Gasteiger partial charge is 0.231 e. The van der Waals surface area contributed by atoms with E-state index in [9.17, 15) is 9.59 Å². The van der Waals surface area contributed by atoms with Crippen molar-refractivity contribution in [1.82, 2.24) is 5.32 Å². The maximum atomic E-state index is 11.9. The van der Waals surface area contributed by atoms with Gasteiger partial charge in [0.15, 0.2) is 0 Å². The molecule has 1 saturated heterocycles. The highest BCUT2D eigenvalue weighted by atomic mass is 16.2. The largest absolute Gasteiger partial charge is 0.296 e. The summed E-state index contributed by atoms with van der Waals surface area (Å²) in [5, 5.41) is 2.47. The molecule has 92 valence electrons. The Kier molecular flexibility index (Phi) is 2.94. The zero-order valence-corrected chi connectivity index (χ0v) is 10.8. The third-order valence-corrected chi connectivity index (χ3v) is 3.89. The topological polar surface area (TPSA) is 46.2 Å². The number of carbonyl (C=O) groups excluding carboxylic acids is 2. The lowest BCUT2D eigenvalue weighted by molar-refractivity contribution is -0.126. The lowest BCUT2D eigenvalue weighted by atomic mass is 9.69. The van der Waals surface area contributed by atoms with Crippen molar-refractivity contribution in [3.63, 3.8) is 0 Å². The van der Waals surface area contributed by atoms with Gasteiger partial charge in [0.25, 0.3) is 0 Å². The predicted octanol–water partition coefficient (Wildman–Crippen LogP) is 2.05. The van der Waals surface area contributed by atoms with Gasteiger partial charge in [-0.15, -0.1) is 0 Å². The van der Waals surface area contributed by atoms with Crippen LogP contribution >= 0.6 is 0 Å². The molecule has 0 aromatic carbocycles. The van der Waals surface area contributed by atoms with Gasteiger partial charge in [-0.1, -0.05) is 30.2 Å². The molecule has 0 saturated carbocycles. The molecule has 2 amide bonds. The number of allylic oxidation sites excluding steroid dienone is 4. The zero-order chi connectivity index (χ0) is 12.7. The van der Waals surface area contributed by atoms with Gasteiger partial charge in [0.2, 0.25) is 11.8 Å². The Hall–Kier alpha value is -1.38. The van der Waals surface area contributed by atoms with Gasteiger partial charge in [-0.05, 0) is 26.7 Å². The summed E-state index contributed by atoms with van der Waals surface area (Å²) in [6.45, 7) is 8.11. The van der Waals surface area contributed by atoms with Crippen LogP contribution in [0.25, 0.3) is 0 Å². The van der Waals surface area contributed by atoms with Crippen LogP contribution in [0.1, 0.15) is 27.7 Å². The van der Waals surface area contributed by atoms with Gasteiger partial charge in [0.1, 0.15) is 0 Å². The first kappa shape index (κ1) is 12.1. The maximum absolute atomic E-state index is 11.9. The minimum Gasteiger partial charge on any atom is -0.296 e. The zero-order valence-electron chi connectivity index (χ0n) is 10.8. The second-order valence-corrected chi connectivity index (χ2v) is 5.43. The van der Waals surface area contributed by atoms with Gasteiger partial charge < -0.3 is 0 Å². The molecule has 1 N–H and O–H groups in total. The highest BCUT2D eigenvalue weighted by molar-refractivity contribution is 6.06. The molecule has 3 heteroatoms. The van der Waals surface area contributed by atoms with Crippen LogP contribution in [-0.4, -0.2) is 11.8 Å². The fourth-order valence-electron chi connectivity index (χ4n) is 2.95. The van der Waals surface area contributed by atoms with E-state index in [4.69, 9.17) is 0 Å². The highest BCUT2D eigenvalue weighted by Gasteiger charge is 2.49. The van der Waals surface area contributed by atoms with Crippen LogP contribution in [0.4, 0.5) is 0 Å². The van der Waals surface area contributed by atoms with Crippen LogP contribution in [0, 0.1) is 23.7 Å². The quantitative estimate of drug-likeness (QED) is 0.556. The summed E-state index contributed by atoms with van der Waals surface area (Å²) in [4.78, 5) is 23.7. The number of carbonyl (C=O) groups is 2. The first-order valence-electron chi connectivity index (χ1n) is 6.10. The van der Waals surface area contributed by atoms with E-state index in [-0.39, 0.29) is 35.5 Å². The van der Waals surface area contributed by atoms with Crippen molar-refractivity contribution in [2.24, 2.45) is 23.7 Å². The van der Waals surface area contributed by atoms with E-state index in [1.165, 1.54) is 11.1 Å². The molecular weight excluding hydrogens is 214 g/mol. The molecule has 0 unspecified atom stereocenters. The third-order valence-electron chi connectivity index (χ3n) is 3.89. The molecule has 1 heterocycles. The molecule has 4 atom stereocenters. The third kappa shape index (κ3) is 1.94. The predicted molar refractivity (Wildman–Crippen MR) is 66.0 cm³/mol. The van der Waals surface area contributed by atoms with E-state index in [0.29, 0.717) is 0 Å². The Morgan fingerprint density at radius 3 is 2.41 bits per heavy atom. The van der Waals surface area contributed by atoms with E-state index in [2.05, 4.69) is 17.5 Å². The van der Waals surface area contributed by atoms with E-state index < -0.39 is 0 Å². The number of rotatable bonds is 1. The molecule has 1 aliphatic heterocycles. The lowest BCUT2D eigenvalue weighted by Crippen LogP contribution is -2.33. The number of amides is 2. The standard InChI is InChI=1S/C14H19NO2/c1-7(2)5-10-6-8(3)9(4)11-12(10)14(17)15-13(11)16/h5-6,9-12H,1-4H3,(H,15,16,17)/t9-,10-,11-,12-/m1/s1. The van der Waals surface area contributed by atoms with Crippen LogP contribution in [0.15, 0.2) is 23.3 Å². The molecule has 0 aromatic rings. The Balaban J connectivity index is 2.44. The SMILES string of the molecule is CC(C)=C[C@@H]1C=C(C)[C@@H](C)[C@H]2C(=O)NC(=O)[C@H]12. The molecule has 1 fully saturated rings. The molecule has 0 bridgehead atoms. The molecule has 0 spiro atoms. The van der Waals surface area contributed by atoms with Crippen molar-refractivity contribution in [2.45, 2.75) is 27.7 Å². The van der Waals surface area contributed by atoms with Crippen LogP contribution in [0.2, 0.25) is 0 Å². The van der Waals surface area contributed by atoms with Gasteiger partial charge in [-0.2, -0.15) is 0 Å². The van der Waals surface area contributed by atoms with Crippen LogP contribution in [0.3, 0.4) is 0 Å². The van der Waals surface area contributed by atoms with Crippen molar-refractivity contribution in [3.8, 4) is 0 Å². The summed E-state index contributed by atoms with van der Waals surface area (Å²) < 4.78 is 0. The molecule has 2 aliphatic rings. The van der Waals surface area contributed by atoms with Crippen molar-refractivity contribution in [2.75, 3.05) is 0 Å². The minimum atomic E-state index is -0.212. The summed E-state index contributed by atoms with van der Waals surface area (Å²) in [7, 11) is 0.